The third-order valence-electron chi connectivity index (χ3n) is 3.35. The van der Waals surface area contributed by atoms with Crippen LogP contribution < -0.4 is 11.3 Å². The van der Waals surface area contributed by atoms with Crippen molar-refractivity contribution < 1.29 is 4.39 Å². The van der Waals surface area contributed by atoms with Crippen LogP contribution in [0.3, 0.4) is 0 Å². The van der Waals surface area contributed by atoms with Gasteiger partial charge < -0.3 is 0 Å². The molecule has 2 rings (SSSR count). The van der Waals surface area contributed by atoms with Gasteiger partial charge in [0.05, 0.1) is 6.04 Å². The highest BCUT2D eigenvalue weighted by molar-refractivity contribution is 5.36. The molecule has 2 aromatic carbocycles. The number of hydrogen-bond acceptors (Lipinski definition) is 2. The van der Waals surface area contributed by atoms with Crippen molar-refractivity contribution in [3.8, 4) is 0 Å². The molecular weight excluding hydrogens is 239 g/mol. The molecule has 100 valence electrons. The summed E-state index contributed by atoms with van der Waals surface area (Å²) in [7, 11) is 0. The van der Waals surface area contributed by atoms with E-state index in [1.165, 1.54) is 11.6 Å². The van der Waals surface area contributed by atoms with Gasteiger partial charge in [-0.05, 0) is 30.5 Å². The molecule has 0 saturated carbocycles. The highest BCUT2D eigenvalue weighted by Gasteiger charge is 2.16. The van der Waals surface area contributed by atoms with Gasteiger partial charge in [-0.15, -0.1) is 0 Å². The van der Waals surface area contributed by atoms with Crippen molar-refractivity contribution in [3.63, 3.8) is 0 Å². The standard InChI is InChI=1S/C16H19FN2/c1-3-12-5-7-13(8-6-12)16(19-18)14-10-11(2)4-9-15(14)17/h4-10,16,19H,3,18H2,1-2H3. The van der Waals surface area contributed by atoms with Crippen LogP contribution in [0.1, 0.15) is 35.2 Å². The van der Waals surface area contributed by atoms with Crippen LogP contribution in [0, 0.1) is 12.7 Å². The summed E-state index contributed by atoms with van der Waals surface area (Å²) in [5.74, 6) is 5.37. The number of benzene rings is 2. The van der Waals surface area contributed by atoms with E-state index in [-0.39, 0.29) is 11.9 Å². The quantitative estimate of drug-likeness (QED) is 0.652. The summed E-state index contributed by atoms with van der Waals surface area (Å²) in [6.45, 7) is 4.05. The zero-order valence-electron chi connectivity index (χ0n) is 11.3. The first-order valence-corrected chi connectivity index (χ1v) is 6.46. The molecule has 3 N–H and O–H groups in total. The summed E-state index contributed by atoms with van der Waals surface area (Å²) < 4.78 is 13.9. The number of halogens is 1. The Morgan fingerprint density at radius 1 is 1.16 bits per heavy atom. The van der Waals surface area contributed by atoms with Crippen LogP contribution in [-0.2, 0) is 6.42 Å². The molecule has 0 fully saturated rings. The van der Waals surface area contributed by atoms with Gasteiger partial charge in [-0.2, -0.15) is 0 Å². The Kier molecular flexibility index (Phi) is 4.30. The van der Waals surface area contributed by atoms with Gasteiger partial charge in [0.15, 0.2) is 0 Å². The normalized spacial score (nSPS) is 12.4. The Balaban J connectivity index is 2.40. The molecule has 1 atom stereocenters. The summed E-state index contributed by atoms with van der Waals surface area (Å²) in [6.07, 6.45) is 0.986. The predicted octanol–water partition coefficient (Wildman–Crippen LogP) is 3.25. The monoisotopic (exact) mass is 258 g/mol. The molecule has 0 bridgehead atoms. The highest BCUT2D eigenvalue weighted by atomic mass is 19.1. The minimum atomic E-state index is -0.328. The summed E-state index contributed by atoms with van der Waals surface area (Å²) >= 11 is 0. The fourth-order valence-electron chi connectivity index (χ4n) is 2.20. The van der Waals surface area contributed by atoms with Crippen molar-refractivity contribution in [3.05, 3.63) is 70.5 Å². The Bertz CT molecular complexity index is 549. The second-order valence-corrected chi connectivity index (χ2v) is 4.72. The van der Waals surface area contributed by atoms with Gasteiger partial charge in [-0.3, -0.25) is 5.84 Å². The third kappa shape index (κ3) is 3.00. The molecule has 0 aliphatic heterocycles. The molecule has 0 spiro atoms. The highest BCUT2D eigenvalue weighted by Crippen LogP contribution is 2.25. The first-order valence-electron chi connectivity index (χ1n) is 6.46. The van der Waals surface area contributed by atoms with E-state index < -0.39 is 0 Å². The number of nitrogens with one attached hydrogen (secondary N) is 1. The molecule has 0 aliphatic carbocycles. The Labute approximate surface area is 113 Å². The van der Waals surface area contributed by atoms with Crippen molar-refractivity contribution in [2.45, 2.75) is 26.3 Å². The van der Waals surface area contributed by atoms with Crippen molar-refractivity contribution >= 4 is 0 Å². The average molecular weight is 258 g/mol. The second kappa shape index (κ2) is 5.95. The summed E-state index contributed by atoms with van der Waals surface area (Å²) in [6, 6.07) is 12.8. The van der Waals surface area contributed by atoms with Crippen molar-refractivity contribution in [2.75, 3.05) is 0 Å². The van der Waals surface area contributed by atoms with E-state index in [2.05, 4.69) is 12.3 Å². The van der Waals surface area contributed by atoms with Gasteiger partial charge >= 0.3 is 0 Å². The van der Waals surface area contributed by atoms with Gasteiger partial charge in [-0.1, -0.05) is 48.9 Å². The van der Waals surface area contributed by atoms with Gasteiger partial charge in [0.25, 0.3) is 0 Å². The maximum atomic E-state index is 13.9. The smallest absolute Gasteiger partial charge is 0.128 e. The fraction of sp³-hybridized carbons (Fsp3) is 0.250. The van der Waals surface area contributed by atoms with Gasteiger partial charge in [0, 0.05) is 5.56 Å². The van der Waals surface area contributed by atoms with Gasteiger partial charge in [-0.25, -0.2) is 9.82 Å². The fourth-order valence-corrected chi connectivity index (χ4v) is 2.20. The van der Waals surface area contributed by atoms with Gasteiger partial charge in [0.1, 0.15) is 5.82 Å². The van der Waals surface area contributed by atoms with Crippen LogP contribution in [0.15, 0.2) is 42.5 Å². The average Bonchev–Trinajstić information content (AvgIpc) is 2.44. The van der Waals surface area contributed by atoms with E-state index in [4.69, 9.17) is 5.84 Å². The molecule has 0 amide bonds. The minimum absolute atomic E-state index is 0.242. The Hall–Kier alpha value is -1.71. The number of aryl methyl sites for hydroxylation is 2. The SMILES string of the molecule is CCc1ccc(C(NN)c2cc(C)ccc2F)cc1. The largest absolute Gasteiger partial charge is 0.271 e. The molecule has 0 aromatic heterocycles. The molecule has 2 aromatic rings. The van der Waals surface area contributed by atoms with E-state index in [9.17, 15) is 4.39 Å². The molecule has 0 saturated heterocycles. The number of hydrazine groups is 1. The lowest BCUT2D eigenvalue weighted by atomic mass is 9.96. The predicted molar refractivity (Wildman–Crippen MR) is 76.1 cm³/mol. The summed E-state index contributed by atoms with van der Waals surface area (Å²) in [5.41, 5.74) is 6.51. The number of hydrogen-bond donors (Lipinski definition) is 2. The first kappa shape index (κ1) is 13.7. The molecule has 0 radical (unpaired) electrons. The Morgan fingerprint density at radius 2 is 1.84 bits per heavy atom. The second-order valence-electron chi connectivity index (χ2n) is 4.72. The lowest BCUT2D eigenvalue weighted by Gasteiger charge is -2.18. The molecule has 0 heterocycles. The number of nitrogens with two attached hydrogens (primary N) is 1. The van der Waals surface area contributed by atoms with E-state index in [0.29, 0.717) is 5.56 Å². The van der Waals surface area contributed by atoms with Crippen molar-refractivity contribution in [1.29, 1.82) is 0 Å². The zero-order chi connectivity index (χ0) is 13.8. The molecular formula is C16H19FN2. The van der Waals surface area contributed by atoms with Crippen LogP contribution >= 0.6 is 0 Å². The van der Waals surface area contributed by atoms with Gasteiger partial charge in [0.2, 0.25) is 0 Å². The van der Waals surface area contributed by atoms with E-state index >= 15 is 0 Å². The van der Waals surface area contributed by atoms with Crippen LogP contribution in [0.5, 0.6) is 0 Å². The van der Waals surface area contributed by atoms with Crippen LogP contribution in [0.25, 0.3) is 0 Å². The molecule has 3 heteroatoms. The van der Waals surface area contributed by atoms with Crippen LogP contribution in [0.4, 0.5) is 4.39 Å². The molecule has 0 aliphatic rings. The molecule has 2 nitrogen and oxygen atoms in total. The van der Waals surface area contributed by atoms with E-state index in [1.807, 2.05) is 37.3 Å². The minimum Gasteiger partial charge on any atom is -0.271 e. The summed E-state index contributed by atoms with van der Waals surface area (Å²) in [4.78, 5) is 0. The molecule has 19 heavy (non-hydrogen) atoms. The first-order chi connectivity index (χ1) is 9.15. The van der Waals surface area contributed by atoms with Crippen molar-refractivity contribution in [1.82, 2.24) is 5.43 Å². The summed E-state index contributed by atoms with van der Waals surface area (Å²) in [5, 5.41) is 0. The maximum Gasteiger partial charge on any atom is 0.128 e. The van der Waals surface area contributed by atoms with Crippen molar-refractivity contribution in [2.24, 2.45) is 5.84 Å². The number of rotatable bonds is 4. The Morgan fingerprint density at radius 3 is 2.42 bits per heavy atom. The lowest BCUT2D eigenvalue weighted by molar-refractivity contribution is 0.559. The third-order valence-corrected chi connectivity index (χ3v) is 3.35. The topological polar surface area (TPSA) is 38.0 Å². The zero-order valence-corrected chi connectivity index (χ0v) is 11.3. The van der Waals surface area contributed by atoms with E-state index in [1.54, 1.807) is 6.07 Å². The van der Waals surface area contributed by atoms with Crippen LogP contribution in [-0.4, -0.2) is 0 Å². The maximum absolute atomic E-state index is 13.9. The molecule has 1 unspecified atom stereocenters. The lowest BCUT2D eigenvalue weighted by Crippen LogP contribution is -2.29. The van der Waals surface area contributed by atoms with Crippen LogP contribution in [0.2, 0.25) is 0 Å². The van der Waals surface area contributed by atoms with E-state index in [0.717, 1.165) is 17.5 Å².